The van der Waals surface area contributed by atoms with E-state index >= 15 is 0 Å². The zero-order chi connectivity index (χ0) is 12.1. The minimum absolute atomic E-state index is 0.144. The lowest BCUT2D eigenvalue weighted by atomic mass is 10.2. The lowest BCUT2D eigenvalue weighted by molar-refractivity contribution is 0.0950. The van der Waals surface area contributed by atoms with Crippen molar-refractivity contribution in [1.82, 2.24) is 5.32 Å². The first kappa shape index (κ1) is 11.7. The highest BCUT2D eigenvalue weighted by atomic mass is 32.1. The third kappa shape index (κ3) is 3.11. The number of hydrogen-bond donors (Lipinski definition) is 1. The van der Waals surface area contributed by atoms with Crippen LogP contribution < -0.4 is 5.32 Å². The van der Waals surface area contributed by atoms with E-state index in [-0.39, 0.29) is 5.91 Å². The van der Waals surface area contributed by atoms with Gasteiger partial charge in [-0.05, 0) is 17.7 Å². The Bertz CT molecular complexity index is 484. The molecule has 2 rings (SSSR count). The number of carbonyl (C=O) groups excluding carboxylic acids is 1. The van der Waals surface area contributed by atoms with Crippen LogP contribution in [0, 0.1) is 0 Å². The van der Waals surface area contributed by atoms with Crippen molar-refractivity contribution in [3.63, 3.8) is 0 Å². The van der Waals surface area contributed by atoms with Gasteiger partial charge in [0, 0.05) is 5.56 Å². The smallest absolute Gasteiger partial charge is 0.252 e. The molecule has 1 amide bonds. The Morgan fingerprint density at radius 3 is 2.06 bits per heavy atom. The number of rotatable bonds is 3. The number of carbonyl (C=O) groups is 1. The van der Waals surface area contributed by atoms with Crippen LogP contribution in [0.4, 0.5) is 0 Å². The monoisotopic (exact) mass is 242 g/mol. The van der Waals surface area contributed by atoms with Gasteiger partial charge in [-0.1, -0.05) is 61.2 Å². The largest absolute Gasteiger partial charge is 0.335 e. The summed E-state index contributed by atoms with van der Waals surface area (Å²) in [5.41, 5.74) is 1.55. The fraction of sp³-hybridized carbons (Fsp3) is 0.0714. The first-order valence-corrected chi connectivity index (χ1v) is 5.81. The molecule has 0 saturated heterocycles. The molecule has 0 spiro atoms. The predicted molar refractivity (Wildman–Crippen MR) is 70.7 cm³/mol. The molecule has 1 unspecified atom stereocenters. The molecule has 2 nitrogen and oxygen atoms in total. The summed E-state index contributed by atoms with van der Waals surface area (Å²) in [5, 5.41) is 2.39. The van der Waals surface area contributed by atoms with E-state index in [0.717, 1.165) is 5.56 Å². The zero-order valence-electron chi connectivity index (χ0n) is 9.17. The number of hydrogen-bond acceptors (Lipinski definition) is 1. The van der Waals surface area contributed by atoms with E-state index in [1.54, 1.807) is 12.1 Å². The molecular formula is C14H12NOS. The molecule has 17 heavy (non-hydrogen) atoms. The van der Waals surface area contributed by atoms with Crippen LogP contribution in [-0.2, 0) is 0 Å². The van der Waals surface area contributed by atoms with Gasteiger partial charge in [0.1, 0.15) is 5.37 Å². The molecule has 0 aliphatic rings. The second-order valence-electron chi connectivity index (χ2n) is 3.63. The van der Waals surface area contributed by atoms with E-state index in [0.29, 0.717) is 5.56 Å². The summed E-state index contributed by atoms with van der Waals surface area (Å²) in [6, 6.07) is 18.6. The van der Waals surface area contributed by atoms with Gasteiger partial charge in [-0.25, -0.2) is 0 Å². The Kier molecular flexibility index (Phi) is 3.83. The SMILES string of the molecule is O=C(NC([S])c1ccccc1)c1ccccc1. The van der Waals surface area contributed by atoms with E-state index < -0.39 is 5.37 Å². The second kappa shape index (κ2) is 5.55. The Hall–Kier alpha value is -1.74. The number of benzene rings is 2. The normalized spacial score (nSPS) is 11.8. The standard InChI is InChI=1S/C14H12NOS/c16-13(11-7-3-1-4-8-11)15-14(17)12-9-5-2-6-10-12/h1-10,14H,(H,15,16). The molecule has 1 atom stereocenters. The third-order valence-corrected chi connectivity index (χ3v) is 2.79. The maximum Gasteiger partial charge on any atom is 0.252 e. The predicted octanol–water partition coefficient (Wildman–Crippen LogP) is 3.31. The molecule has 0 fully saturated rings. The van der Waals surface area contributed by atoms with Crippen LogP contribution in [0.2, 0.25) is 0 Å². The van der Waals surface area contributed by atoms with Gasteiger partial charge >= 0.3 is 0 Å². The number of amides is 1. The van der Waals surface area contributed by atoms with E-state index in [1.165, 1.54) is 0 Å². The van der Waals surface area contributed by atoms with Crippen LogP contribution in [0.3, 0.4) is 0 Å². The zero-order valence-corrected chi connectivity index (χ0v) is 9.98. The van der Waals surface area contributed by atoms with Gasteiger partial charge in [0.05, 0.1) is 0 Å². The molecule has 1 N–H and O–H groups in total. The van der Waals surface area contributed by atoms with Crippen molar-refractivity contribution >= 4 is 18.5 Å². The molecule has 0 aliphatic heterocycles. The molecule has 85 valence electrons. The van der Waals surface area contributed by atoms with Crippen LogP contribution in [0.5, 0.6) is 0 Å². The van der Waals surface area contributed by atoms with Crippen molar-refractivity contribution in [2.75, 3.05) is 0 Å². The van der Waals surface area contributed by atoms with E-state index in [4.69, 9.17) is 12.6 Å². The molecule has 0 saturated carbocycles. The quantitative estimate of drug-likeness (QED) is 0.879. The molecule has 2 aromatic rings. The summed E-state index contributed by atoms with van der Waals surface area (Å²) in [4.78, 5) is 11.9. The molecule has 0 aliphatic carbocycles. The molecule has 3 heteroatoms. The molecule has 0 bridgehead atoms. The van der Waals surface area contributed by atoms with Gasteiger partial charge in [-0.2, -0.15) is 0 Å². The van der Waals surface area contributed by atoms with Crippen LogP contribution in [0.15, 0.2) is 60.7 Å². The van der Waals surface area contributed by atoms with Crippen LogP contribution in [0.25, 0.3) is 0 Å². The van der Waals surface area contributed by atoms with Crippen molar-refractivity contribution in [2.24, 2.45) is 0 Å². The lowest BCUT2D eigenvalue weighted by Crippen LogP contribution is -2.25. The molecule has 0 aromatic heterocycles. The Morgan fingerprint density at radius 2 is 1.47 bits per heavy atom. The van der Waals surface area contributed by atoms with E-state index in [2.05, 4.69) is 5.32 Å². The maximum absolute atomic E-state index is 11.9. The van der Waals surface area contributed by atoms with Crippen molar-refractivity contribution in [1.29, 1.82) is 0 Å². The average Bonchev–Trinajstić information content (AvgIpc) is 2.40. The molecule has 2 aromatic carbocycles. The summed E-state index contributed by atoms with van der Waals surface area (Å²) in [6.45, 7) is 0. The Morgan fingerprint density at radius 1 is 0.941 bits per heavy atom. The topological polar surface area (TPSA) is 29.1 Å². The van der Waals surface area contributed by atoms with Gasteiger partial charge in [0.2, 0.25) is 0 Å². The first-order chi connectivity index (χ1) is 8.27. The highest BCUT2D eigenvalue weighted by molar-refractivity contribution is 7.80. The molecule has 0 heterocycles. The molecular weight excluding hydrogens is 230 g/mol. The van der Waals surface area contributed by atoms with Crippen molar-refractivity contribution in [3.05, 3.63) is 71.8 Å². The summed E-state index contributed by atoms with van der Waals surface area (Å²) in [6.07, 6.45) is 0. The fourth-order valence-electron chi connectivity index (χ4n) is 1.50. The van der Waals surface area contributed by atoms with Crippen LogP contribution >= 0.6 is 12.6 Å². The van der Waals surface area contributed by atoms with Crippen molar-refractivity contribution in [3.8, 4) is 0 Å². The summed E-state index contributed by atoms with van der Waals surface area (Å²) >= 11 is 5.25. The van der Waals surface area contributed by atoms with Gasteiger partial charge in [-0.3, -0.25) is 4.79 Å². The highest BCUT2D eigenvalue weighted by Gasteiger charge is 2.11. The minimum atomic E-state index is -0.399. The van der Waals surface area contributed by atoms with Crippen molar-refractivity contribution in [2.45, 2.75) is 5.37 Å². The highest BCUT2D eigenvalue weighted by Crippen LogP contribution is 2.16. The van der Waals surface area contributed by atoms with Gasteiger partial charge < -0.3 is 5.32 Å². The van der Waals surface area contributed by atoms with Gasteiger partial charge in [0.15, 0.2) is 0 Å². The van der Waals surface area contributed by atoms with Crippen molar-refractivity contribution < 1.29 is 4.79 Å². The Labute approximate surface area is 106 Å². The Balaban J connectivity index is 2.05. The van der Waals surface area contributed by atoms with E-state index in [1.807, 2.05) is 48.5 Å². The third-order valence-electron chi connectivity index (χ3n) is 2.40. The summed E-state index contributed by atoms with van der Waals surface area (Å²) in [7, 11) is 0. The fourth-order valence-corrected chi connectivity index (χ4v) is 1.77. The van der Waals surface area contributed by atoms with E-state index in [9.17, 15) is 4.79 Å². The number of nitrogens with one attached hydrogen (secondary N) is 1. The van der Waals surface area contributed by atoms with Crippen LogP contribution in [0.1, 0.15) is 21.3 Å². The summed E-state index contributed by atoms with van der Waals surface area (Å²) < 4.78 is 0. The second-order valence-corrected chi connectivity index (χ2v) is 4.10. The van der Waals surface area contributed by atoms with Gasteiger partial charge in [0.25, 0.3) is 5.91 Å². The lowest BCUT2D eigenvalue weighted by Gasteiger charge is -2.12. The first-order valence-electron chi connectivity index (χ1n) is 5.34. The average molecular weight is 242 g/mol. The maximum atomic E-state index is 11.9. The summed E-state index contributed by atoms with van der Waals surface area (Å²) in [5.74, 6) is -0.144. The molecule has 1 radical (unpaired) electrons. The minimum Gasteiger partial charge on any atom is -0.335 e. The van der Waals surface area contributed by atoms with Crippen LogP contribution in [-0.4, -0.2) is 5.91 Å². The van der Waals surface area contributed by atoms with Gasteiger partial charge in [-0.15, -0.1) is 0 Å².